The Kier molecular flexibility index (Phi) is 8.84. The highest BCUT2D eigenvalue weighted by atomic mass is 32.1. The molecule has 0 unspecified atom stereocenters. The molecule has 2 aromatic heterocycles. The van der Waals surface area contributed by atoms with Crippen LogP contribution in [0.5, 0.6) is 0 Å². The zero-order valence-corrected chi connectivity index (χ0v) is 17.3. The number of carbonyl (C=O) groups is 1. The van der Waals surface area contributed by atoms with Gasteiger partial charge in [0.1, 0.15) is 4.83 Å². The van der Waals surface area contributed by atoms with Crippen LogP contribution >= 0.6 is 11.3 Å². The first-order chi connectivity index (χ1) is 13.6. The summed E-state index contributed by atoms with van der Waals surface area (Å²) in [6, 6.07) is 1.97. The Morgan fingerprint density at radius 3 is 2.82 bits per heavy atom. The molecule has 0 atom stereocenters. The summed E-state index contributed by atoms with van der Waals surface area (Å²) in [5.74, 6) is 0.755. The van der Waals surface area contributed by atoms with Gasteiger partial charge >= 0.3 is 0 Å². The molecule has 1 saturated carbocycles. The number of nitrogens with one attached hydrogen (secondary N) is 1. The van der Waals surface area contributed by atoms with E-state index < -0.39 is 0 Å². The number of fused-ring (bicyclic) bond motifs is 1. The Labute approximate surface area is 170 Å². The molecule has 0 amide bonds. The van der Waals surface area contributed by atoms with Gasteiger partial charge in [-0.2, -0.15) is 0 Å². The minimum atomic E-state index is 0.0833. The SMILES string of the molecule is C/C=C/N(C)C=Nc1c(C=O)sc2nccc(NCC3CCC3)c12.C=CCO. The third kappa shape index (κ3) is 5.74. The first-order valence-electron chi connectivity index (χ1n) is 9.35. The molecule has 3 rings (SSSR count). The van der Waals surface area contributed by atoms with Crippen LogP contribution in [0.1, 0.15) is 35.9 Å². The number of rotatable bonds is 8. The average molecular weight is 401 g/mol. The van der Waals surface area contributed by atoms with Crippen LogP contribution in [0.4, 0.5) is 11.4 Å². The van der Waals surface area contributed by atoms with Gasteiger partial charge in [-0.3, -0.25) is 4.79 Å². The number of anilines is 1. The van der Waals surface area contributed by atoms with Gasteiger partial charge in [0.15, 0.2) is 6.29 Å². The molecule has 1 aliphatic rings. The molecular weight excluding hydrogens is 372 g/mol. The van der Waals surface area contributed by atoms with Gasteiger partial charge in [-0.25, -0.2) is 9.98 Å². The van der Waals surface area contributed by atoms with Crippen molar-refractivity contribution in [1.29, 1.82) is 0 Å². The maximum atomic E-state index is 11.5. The standard InChI is InChI=1S/C18H22N4OS.C3H6O/c1-3-9-22(2)12-21-17-15(11-23)24-18-16(17)14(7-8-19-18)20-10-13-5-4-6-13;1-2-3-4/h3,7-9,11-13H,4-6,10H2,1-2H3,(H,19,20);2,4H,1,3H2/b9-3+,21-12?;. The van der Waals surface area contributed by atoms with Gasteiger partial charge in [-0.05, 0) is 31.7 Å². The molecule has 1 fully saturated rings. The maximum Gasteiger partial charge on any atom is 0.162 e. The smallest absolute Gasteiger partial charge is 0.162 e. The molecule has 0 aromatic carbocycles. The van der Waals surface area contributed by atoms with Crippen LogP contribution in [0, 0.1) is 5.92 Å². The van der Waals surface area contributed by atoms with Crippen LogP contribution in [-0.4, -0.2) is 47.8 Å². The minimum Gasteiger partial charge on any atom is -0.392 e. The van der Waals surface area contributed by atoms with Crippen LogP contribution in [0.25, 0.3) is 10.2 Å². The van der Waals surface area contributed by atoms with Crippen molar-refractivity contribution in [1.82, 2.24) is 9.88 Å². The fraction of sp³-hybridized carbons (Fsp3) is 0.381. The maximum absolute atomic E-state index is 11.5. The van der Waals surface area contributed by atoms with E-state index in [1.54, 1.807) is 12.5 Å². The predicted octanol–water partition coefficient (Wildman–Crippen LogP) is 4.61. The second kappa shape index (κ2) is 11.4. The summed E-state index contributed by atoms with van der Waals surface area (Å²) < 4.78 is 0. The Hall–Kier alpha value is -2.51. The van der Waals surface area contributed by atoms with E-state index in [-0.39, 0.29) is 6.61 Å². The van der Waals surface area contributed by atoms with Gasteiger partial charge in [-0.15, -0.1) is 17.9 Å². The molecule has 7 heteroatoms. The fourth-order valence-electron chi connectivity index (χ4n) is 2.75. The van der Waals surface area contributed by atoms with Crippen molar-refractivity contribution >= 4 is 45.6 Å². The van der Waals surface area contributed by atoms with Crippen LogP contribution in [-0.2, 0) is 0 Å². The van der Waals surface area contributed by atoms with Gasteiger partial charge in [0.05, 0.1) is 28.9 Å². The monoisotopic (exact) mass is 400 g/mol. The third-order valence-electron chi connectivity index (χ3n) is 4.39. The molecule has 0 radical (unpaired) electrons. The first kappa shape index (κ1) is 21.8. The second-order valence-electron chi connectivity index (χ2n) is 6.51. The number of thiophene rings is 1. The summed E-state index contributed by atoms with van der Waals surface area (Å²) in [5.41, 5.74) is 1.71. The topological polar surface area (TPSA) is 77.8 Å². The number of aromatic nitrogens is 1. The third-order valence-corrected chi connectivity index (χ3v) is 5.40. The van der Waals surface area contributed by atoms with E-state index in [0.717, 1.165) is 34.7 Å². The first-order valence-corrected chi connectivity index (χ1v) is 10.2. The molecule has 2 heterocycles. The highest BCUT2D eigenvalue weighted by molar-refractivity contribution is 7.21. The average Bonchev–Trinajstić information content (AvgIpc) is 3.04. The molecule has 28 heavy (non-hydrogen) atoms. The molecule has 2 aromatic rings. The quantitative estimate of drug-likeness (QED) is 0.293. The number of aldehydes is 1. The van der Waals surface area contributed by atoms with Crippen molar-refractivity contribution in [2.75, 3.05) is 25.5 Å². The van der Waals surface area contributed by atoms with E-state index in [1.807, 2.05) is 37.2 Å². The summed E-state index contributed by atoms with van der Waals surface area (Å²) >= 11 is 1.39. The van der Waals surface area contributed by atoms with Crippen LogP contribution in [0.2, 0.25) is 0 Å². The van der Waals surface area contributed by atoms with Crippen molar-refractivity contribution in [2.45, 2.75) is 26.2 Å². The molecule has 0 aliphatic heterocycles. The van der Waals surface area contributed by atoms with E-state index in [1.165, 1.54) is 36.7 Å². The van der Waals surface area contributed by atoms with Gasteiger partial charge in [0, 0.05) is 31.7 Å². The van der Waals surface area contributed by atoms with Gasteiger partial charge < -0.3 is 15.3 Å². The van der Waals surface area contributed by atoms with Crippen molar-refractivity contribution in [3.63, 3.8) is 0 Å². The number of carbonyl (C=O) groups excluding carboxylic acids is 1. The van der Waals surface area contributed by atoms with Crippen LogP contribution in [0.15, 0.2) is 42.2 Å². The number of nitrogens with zero attached hydrogens (tertiary/aromatic N) is 3. The number of pyridine rings is 1. The molecule has 2 N–H and O–H groups in total. The molecule has 0 bridgehead atoms. The molecule has 0 spiro atoms. The zero-order chi connectivity index (χ0) is 20.4. The molecular formula is C21H28N4O2S. The van der Waals surface area contributed by atoms with E-state index in [2.05, 4.69) is 21.9 Å². The molecule has 0 saturated heterocycles. The lowest BCUT2D eigenvalue weighted by atomic mass is 9.85. The van der Waals surface area contributed by atoms with E-state index in [9.17, 15) is 4.79 Å². The number of allylic oxidation sites excluding steroid dienone is 1. The second-order valence-corrected chi connectivity index (χ2v) is 7.54. The Morgan fingerprint density at radius 2 is 2.25 bits per heavy atom. The van der Waals surface area contributed by atoms with Crippen LogP contribution < -0.4 is 5.32 Å². The molecule has 6 nitrogen and oxygen atoms in total. The van der Waals surface area contributed by atoms with Gasteiger partial charge in [-0.1, -0.05) is 18.6 Å². The summed E-state index contributed by atoms with van der Waals surface area (Å²) in [6.07, 6.45) is 13.6. The number of aliphatic imine (C=N–C) groups is 1. The van der Waals surface area contributed by atoms with E-state index in [0.29, 0.717) is 10.6 Å². The lowest BCUT2D eigenvalue weighted by molar-refractivity contribution is 0.112. The molecule has 1 aliphatic carbocycles. The van der Waals surface area contributed by atoms with E-state index >= 15 is 0 Å². The summed E-state index contributed by atoms with van der Waals surface area (Å²) in [4.78, 5) is 23.7. The van der Waals surface area contributed by atoms with Gasteiger partial charge in [0.25, 0.3) is 0 Å². The normalized spacial score (nSPS) is 14.0. The Bertz CT molecular complexity index is 840. The minimum absolute atomic E-state index is 0.0833. The van der Waals surface area contributed by atoms with Crippen molar-refractivity contribution in [3.05, 3.63) is 42.1 Å². The van der Waals surface area contributed by atoms with Gasteiger partial charge in [0.2, 0.25) is 0 Å². The van der Waals surface area contributed by atoms with Crippen LogP contribution in [0.3, 0.4) is 0 Å². The lowest BCUT2D eigenvalue weighted by Crippen LogP contribution is -2.20. The van der Waals surface area contributed by atoms with E-state index in [4.69, 9.17) is 5.11 Å². The Morgan fingerprint density at radius 1 is 1.50 bits per heavy atom. The molecule has 150 valence electrons. The van der Waals surface area contributed by atoms with Crippen molar-refractivity contribution in [3.8, 4) is 0 Å². The highest BCUT2D eigenvalue weighted by Crippen LogP contribution is 2.40. The number of hydrogen-bond donors (Lipinski definition) is 2. The summed E-state index contributed by atoms with van der Waals surface area (Å²) in [7, 11) is 1.91. The summed E-state index contributed by atoms with van der Waals surface area (Å²) in [6.45, 7) is 6.23. The Balaban J connectivity index is 0.000000640. The predicted molar refractivity (Wildman–Crippen MR) is 119 cm³/mol. The number of aliphatic hydroxyl groups excluding tert-OH is 1. The number of hydrogen-bond acceptors (Lipinski definition) is 6. The number of aliphatic hydroxyl groups is 1. The zero-order valence-electron chi connectivity index (χ0n) is 16.5. The largest absolute Gasteiger partial charge is 0.392 e. The fourth-order valence-corrected chi connectivity index (χ4v) is 3.68. The van der Waals surface area contributed by atoms with Crippen molar-refractivity contribution in [2.24, 2.45) is 10.9 Å². The highest BCUT2D eigenvalue weighted by Gasteiger charge is 2.19. The summed E-state index contributed by atoms with van der Waals surface area (Å²) in [5, 5.41) is 12.2. The lowest BCUT2D eigenvalue weighted by Gasteiger charge is -2.26. The van der Waals surface area contributed by atoms with Crippen molar-refractivity contribution < 1.29 is 9.90 Å².